The van der Waals surface area contributed by atoms with Crippen molar-refractivity contribution in [3.8, 4) is 34.3 Å². The Hall–Kier alpha value is -3.06. The van der Waals surface area contributed by atoms with Gasteiger partial charge in [0.25, 0.3) is 0 Å². The van der Waals surface area contributed by atoms with Crippen LogP contribution < -0.4 is 0 Å². The lowest BCUT2D eigenvalue weighted by Crippen LogP contribution is -1.83. The molecule has 0 unspecified atom stereocenters. The second-order valence-corrected chi connectivity index (χ2v) is 4.34. The van der Waals surface area contributed by atoms with Crippen molar-refractivity contribution in [3.63, 3.8) is 0 Å². The first kappa shape index (κ1) is 12.0. The van der Waals surface area contributed by atoms with E-state index in [1.807, 2.05) is 30.3 Å². The van der Waals surface area contributed by atoms with Crippen LogP contribution in [0.3, 0.4) is 0 Å². The maximum atomic E-state index is 9.84. The van der Waals surface area contributed by atoms with Crippen molar-refractivity contribution in [1.82, 2.24) is 10.2 Å². The first-order chi connectivity index (χ1) is 9.79. The highest BCUT2D eigenvalue weighted by molar-refractivity contribution is 5.74. The Bertz CT molecular complexity index is 799. The zero-order chi connectivity index (χ0) is 13.9. The van der Waals surface area contributed by atoms with E-state index in [1.165, 1.54) is 0 Å². The minimum absolute atomic E-state index is 0.180. The van der Waals surface area contributed by atoms with Crippen LogP contribution in [0.15, 0.2) is 54.6 Å². The number of aromatic hydroxyl groups is 1. The number of nitrogens with one attached hydrogen (secondary N) is 1. The number of para-hydroxylation sites is 1. The Kier molecular flexibility index (Phi) is 2.94. The van der Waals surface area contributed by atoms with E-state index < -0.39 is 0 Å². The third-order valence-corrected chi connectivity index (χ3v) is 3.10. The molecule has 0 aliphatic carbocycles. The maximum absolute atomic E-state index is 9.84. The van der Waals surface area contributed by atoms with Crippen LogP contribution in [0.25, 0.3) is 22.5 Å². The summed E-state index contributed by atoms with van der Waals surface area (Å²) < 4.78 is 0. The molecule has 3 rings (SSSR count). The van der Waals surface area contributed by atoms with Gasteiger partial charge in [0.15, 0.2) is 0 Å². The van der Waals surface area contributed by atoms with Gasteiger partial charge in [-0.2, -0.15) is 10.4 Å². The van der Waals surface area contributed by atoms with Crippen molar-refractivity contribution in [1.29, 1.82) is 5.26 Å². The highest BCUT2D eigenvalue weighted by Gasteiger charge is 2.11. The summed E-state index contributed by atoms with van der Waals surface area (Å²) in [5.41, 5.74) is 3.43. The molecule has 20 heavy (non-hydrogen) atoms. The number of nitrogens with zero attached hydrogens (tertiary/aromatic N) is 2. The number of nitriles is 1. The number of hydrogen-bond acceptors (Lipinski definition) is 3. The fourth-order valence-electron chi connectivity index (χ4n) is 2.10. The molecule has 0 spiro atoms. The van der Waals surface area contributed by atoms with E-state index in [0.29, 0.717) is 16.8 Å². The summed E-state index contributed by atoms with van der Waals surface area (Å²) in [4.78, 5) is 0. The Labute approximate surface area is 115 Å². The van der Waals surface area contributed by atoms with Gasteiger partial charge in [-0.25, -0.2) is 0 Å². The molecule has 0 fully saturated rings. The number of rotatable bonds is 2. The summed E-state index contributed by atoms with van der Waals surface area (Å²) in [5.74, 6) is 0.180. The van der Waals surface area contributed by atoms with E-state index >= 15 is 0 Å². The molecule has 0 aliphatic heterocycles. The molecular weight excluding hydrogens is 250 g/mol. The van der Waals surface area contributed by atoms with Gasteiger partial charge in [0.1, 0.15) is 5.75 Å². The Morgan fingerprint density at radius 1 is 1.00 bits per heavy atom. The van der Waals surface area contributed by atoms with Crippen LogP contribution in [-0.4, -0.2) is 15.3 Å². The number of aromatic amines is 1. The molecule has 2 aromatic carbocycles. The molecule has 4 heteroatoms. The smallest absolute Gasteiger partial charge is 0.125 e. The van der Waals surface area contributed by atoms with Crippen molar-refractivity contribution in [3.05, 3.63) is 60.2 Å². The number of aromatic nitrogens is 2. The number of H-pyrrole nitrogens is 1. The molecule has 0 saturated carbocycles. The highest BCUT2D eigenvalue weighted by Crippen LogP contribution is 2.30. The second-order valence-electron chi connectivity index (χ2n) is 4.34. The molecule has 4 nitrogen and oxygen atoms in total. The van der Waals surface area contributed by atoms with Crippen LogP contribution >= 0.6 is 0 Å². The van der Waals surface area contributed by atoms with Crippen LogP contribution in [0.1, 0.15) is 5.56 Å². The van der Waals surface area contributed by atoms with Gasteiger partial charge >= 0.3 is 0 Å². The topological polar surface area (TPSA) is 72.7 Å². The Morgan fingerprint density at radius 2 is 1.70 bits per heavy atom. The SMILES string of the molecule is N#Cc1ccccc1-c1cc(-c2ccccc2O)n[nH]1. The fourth-order valence-corrected chi connectivity index (χ4v) is 2.10. The minimum Gasteiger partial charge on any atom is -0.507 e. The van der Waals surface area contributed by atoms with Crippen LogP contribution in [0.5, 0.6) is 5.75 Å². The first-order valence-corrected chi connectivity index (χ1v) is 6.13. The molecule has 0 amide bonds. The lowest BCUT2D eigenvalue weighted by Gasteiger charge is -1.99. The molecule has 0 radical (unpaired) electrons. The van der Waals surface area contributed by atoms with E-state index in [-0.39, 0.29) is 5.75 Å². The predicted molar refractivity (Wildman–Crippen MR) is 75.8 cm³/mol. The minimum atomic E-state index is 0.180. The summed E-state index contributed by atoms with van der Waals surface area (Å²) in [6, 6.07) is 18.3. The predicted octanol–water partition coefficient (Wildman–Crippen LogP) is 3.32. The van der Waals surface area contributed by atoms with Crippen LogP contribution in [0, 0.1) is 11.3 Å². The monoisotopic (exact) mass is 261 g/mol. The molecule has 0 aliphatic rings. The zero-order valence-electron chi connectivity index (χ0n) is 10.5. The van der Waals surface area contributed by atoms with E-state index in [9.17, 15) is 5.11 Å². The molecular formula is C16H11N3O. The summed E-state index contributed by atoms with van der Waals surface area (Å²) >= 11 is 0. The van der Waals surface area contributed by atoms with Crippen LogP contribution in [-0.2, 0) is 0 Å². The Balaban J connectivity index is 2.08. The standard InChI is InChI=1S/C16H11N3O/c17-10-11-5-1-2-6-12(11)14-9-15(19-18-14)13-7-3-4-8-16(13)20/h1-9,20H,(H,18,19). The van der Waals surface area contributed by atoms with Gasteiger partial charge < -0.3 is 5.11 Å². The van der Waals surface area contributed by atoms with Gasteiger partial charge in [-0.05, 0) is 24.3 Å². The highest BCUT2D eigenvalue weighted by atomic mass is 16.3. The van der Waals surface area contributed by atoms with Crippen LogP contribution in [0.4, 0.5) is 0 Å². The summed E-state index contributed by atoms with van der Waals surface area (Å²) in [6.45, 7) is 0. The zero-order valence-corrected chi connectivity index (χ0v) is 10.5. The molecule has 2 N–H and O–H groups in total. The van der Waals surface area contributed by atoms with Crippen molar-refractivity contribution < 1.29 is 5.11 Å². The molecule has 3 aromatic rings. The second kappa shape index (κ2) is 4.90. The van der Waals surface area contributed by atoms with Crippen molar-refractivity contribution in [2.45, 2.75) is 0 Å². The average Bonchev–Trinajstić information content (AvgIpc) is 2.97. The lowest BCUT2D eigenvalue weighted by atomic mass is 10.0. The first-order valence-electron chi connectivity index (χ1n) is 6.13. The number of phenols is 1. The summed E-state index contributed by atoms with van der Waals surface area (Å²) in [5, 5.41) is 26.1. The third-order valence-electron chi connectivity index (χ3n) is 3.10. The molecule has 0 atom stereocenters. The summed E-state index contributed by atoms with van der Waals surface area (Å²) in [7, 11) is 0. The number of phenolic OH excluding ortho intramolecular Hbond substituents is 1. The van der Waals surface area contributed by atoms with Crippen molar-refractivity contribution >= 4 is 0 Å². The van der Waals surface area contributed by atoms with E-state index in [2.05, 4.69) is 16.3 Å². The van der Waals surface area contributed by atoms with Gasteiger partial charge in [-0.3, -0.25) is 5.10 Å². The molecule has 0 saturated heterocycles. The molecule has 1 aromatic heterocycles. The molecule has 96 valence electrons. The Morgan fingerprint density at radius 3 is 2.45 bits per heavy atom. The van der Waals surface area contributed by atoms with Gasteiger partial charge in [-0.1, -0.05) is 30.3 Å². The third kappa shape index (κ3) is 2.02. The number of benzene rings is 2. The molecule has 0 bridgehead atoms. The lowest BCUT2D eigenvalue weighted by molar-refractivity contribution is 0.477. The maximum Gasteiger partial charge on any atom is 0.125 e. The average molecular weight is 261 g/mol. The quantitative estimate of drug-likeness (QED) is 0.743. The largest absolute Gasteiger partial charge is 0.507 e. The van der Waals surface area contributed by atoms with Gasteiger partial charge in [0.05, 0.1) is 23.0 Å². The van der Waals surface area contributed by atoms with Gasteiger partial charge in [0.2, 0.25) is 0 Å². The molecule has 1 heterocycles. The fraction of sp³-hybridized carbons (Fsp3) is 0. The van der Waals surface area contributed by atoms with Crippen LogP contribution in [0.2, 0.25) is 0 Å². The van der Waals surface area contributed by atoms with Gasteiger partial charge in [-0.15, -0.1) is 0 Å². The van der Waals surface area contributed by atoms with E-state index in [1.54, 1.807) is 24.3 Å². The normalized spacial score (nSPS) is 10.2. The van der Waals surface area contributed by atoms with Crippen molar-refractivity contribution in [2.75, 3.05) is 0 Å². The number of hydrogen-bond donors (Lipinski definition) is 2. The van der Waals surface area contributed by atoms with Gasteiger partial charge in [0, 0.05) is 11.1 Å². The van der Waals surface area contributed by atoms with Crippen molar-refractivity contribution in [2.24, 2.45) is 0 Å². The van der Waals surface area contributed by atoms with E-state index in [4.69, 9.17) is 5.26 Å². The summed E-state index contributed by atoms with van der Waals surface area (Å²) in [6.07, 6.45) is 0. The van der Waals surface area contributed by atoms with E-state index in [0.717, 1.165) is 11.3 Å².